The van der Waals surface area contributed by atoms with E-state index in [1.54, 1.807) is 6.20 Å². The van der Waals surface area contributed by atoms with Crippen molar-refractivity contribution in [1.29, 1.82) is 0 Å². The van der Waals surface area contributed by atoms with Gasteiger partial charge in [0.15, 0.2) is 0 Å². The summed E-state index contributed by atoms with van der Waals surface area (Å²) in [4.78, 5) is 9.10. The van der Waals surface area contributed by atoms with Crippen LogP contribution in [0.5, 0.6) is 0 Å². The molecule has 5 nitrogen and oxygen atoms in total. The molecular formula is C12H20BrN5. The van der Waals surface area contributed by atoms with E-state index >= 15 is 0 Å². The molecule has 2 heterocycles. The predicted molar refractivity (Wildman–Crippen MR) is 78.8 cm³/mol. The van der Waals surface area contributed by atoms with Gasteiger partial charge in [0.25, 0.3) is 0 Å². The van der Waals surface area contributed by atoms with Gasteiger partial charge in [-0.15, -0.1) is 0 Å². The highest BCUT2D eigenvalue weighted by atomic mass is 79.9. The van der Waals surface area contributed by atoms with Crippen molar-refractivity contribution in [2.75, 3.05) is 57.4 Å². The van der Waals surface area contributed by atoms with Crippen molar-refractivity contribution in [3.63, 3.8) is 0 Å². The molecule has 0 radical (unpaired) electrons. The quantitative estimate of drug-likeness (QED) is 0.871. The molecule has 1 saturated heterocycles. The Morgan fingerprint density at radius 2 is 2.11 bits per heavy atom. The number of piperazine rings is 1. The van der Waals surface area contributed by atoms with E-state index in [4.69, 9.17) is 5.73 Å². The Morgan fingerprint density at radius 1 is 1.39 bits per heavy atom. The number of nitrogens with one attached hydrogen (secondary N) is 1. The number of anilines is 2. The zero-order valence-electron chi connectivity index (χ0n) is 10.7. The van der Waals surface area contributed by atoms with E-state index in [9.17, 15) is 0 Å². The summed E-state index contributed by atoms with van der Waals surface area (Å²) < 4.78 is 0.917. The SMILES string of the molecule is CN1CCN(CCNc2ncc(N)cc2Br)CC1. The number of aromatic nitrogens is 1. The van der Waals surface area contributed by atoms with Crippen LogP contribution in [0.15, 0.2) is 16.7 Å². The van der Waals surface area contributed by atoms with Crippen molar-refractivity contribution in [3.8, 4) is 0 Å². The lowest BCUT2D eigenvalue weighted by Gasteiger charge is -2.32. The van der Waals surface area contributed by atoms with E-state index in [0.29, 0.717) is 5.69 Å². The van der Waals surface area contributed by atoms with Gasteiger partial charge in [-0.2, -0.15) is 0 Å². The van der Waals surface area contributed by atoms with Gasteiger partial charge in [0.05, 0.1) is 16.4 Å². The van der Waals surface area contributed by atoms with E-state index in [1.807, 2.05) is 6.07 Å². The molecule has 0 aromatic carbocycles. The van der Waals surface area contributed by atoms with E-state index in [-0.39, 0.29) is 0 Å². The third-order valence-electron chi connectivity index (χ3n) is 3.18. The summed E-state index contributed by atoms with van der Waals surface area (Å²) in [5.41, 5.74) is 6.33. The first-order valence-corrected chi connectivity index (χ1v) is 7.00. The lowest BCUT2D eigenvalue weighted by atomic mass is 10.3. The molecule has 1 aromatic heterocycles. The fraction of sp³-hybridized carbons (Fsp3) is 0.583. The molecular weight excluding hydrogens is 294 g/mol. The number of nitrogens with two attached hydrogens (primary N) is 1. The van der Waals surface area contributed by atoms with Gasteiger partial charge in [0.1, 0.15) is 5.82 Å². The summed E-state index contributed by atoms with van der Waals surface area (Å²) in [6.45, 7) is 6.56. The molecule has 3 N–H and O–H groups in total. The summed E-state index contributed by atoms with van der Waals surface area (Å²) in [6, 6.07) is 1.87. The van der Waals surface area contributed by atoms with Gasteiger partial charge in [-0.05, 0) is 29.0 Å². The van der Waals surface area contributed by atoms with Gasteiger partial charge in [-0.25, -0.2) is 4.98 Å². The maximum absolute atomic E-state index is 5.65. The average molecular weight is 314 g/mol. The van der Waals surface area contributed by atoms with Crippen LogP contribution < -0.4 is 11.1 Å². The van der Waals surface area contributed by atoms with E-state index < -0.39 is 0 Å². The minimum atomic E-state index is 0.673. The molecule has 0 bridgehead atoms. The fourth-order valence-corrected chi connectivity index (χ4v) is 2.49. The molecule has 0 saturated carbocycles. The van der Waals surface area contributed by atoms with Crippen molar-refractivity contribution in [2.45, 2.75) is 0 Å². The smallest absolute Gasteiger partial charge is 0.140 e. The zero-order chi connectivity index (χ0) is 13.0. The summed E-state index contributed by atoms with van der Waals surface area (Å²) in [7, 11) is 2.17. The molecule has 0 spiro atoms. The van der Waals surface area contributed by atoms with Crippen LogP contribution in [0.2, 0.25) is 0 Å². The molecule has 1 aromatic rings. The first-order chi connectivity index (χ1) is 8.65. The van der Waals surface area contributed by atoms with Crippen LogP contribution >= 0.6 is 15.9 Å². The third-order valence-corrected chi connectivity index (χ3v) is 3.78. The van der Waals surface area contributed by atoms with Crippen molar-refractivity contribution >= 4 is 27.4 Å². The van der Waals surface area contributed by atoms with Crippen molar-refractivity contribution in [3.05, 3.63) is 16.7 Å². The predicted octanol–water partition coefficient (Wildman–Crippen LogP) is 1.09. The molecule has 100 valence electrons. The summed E-state index contributed by atoms with van der Waals surface area (Å²) in [5, 5.41) is 3.33. The Hall–Kier alpha value is -0.850. The Bertz CT molecular complexity index is 390. The molecule has 1 aliphatic rings. The molecule has 6 heteroatoms. The van der Waals surface area contributed by atoms with Crippen LogP contribution in [-0.2, 0) is 0 Å². The number of nitrogens with zero attached hydrogens (tertiary/aromatic N) is 3. The van der Waals surface area contributed by atoms with Gasteiger partial charge in [0.2, 0.25) is 0 Å². The number of hydrogen-bond donors (Lipinski definition) is 2. The molecule has 0 unspecified atom stereocenters. The number of nitrogen functional groups attached to an aromatic ring is 1. The number of likely N-dealkylation sites (N-methyl/N-ethyl adjacent to an activating group) is 1. The first kappa shape index (κ1) is 13.6. The van der Waals surface area contributed by atoms with Crippen molar-refractivity contribution in [1.82, 2.24) is 14.8 Å². The number of pyridine rings is 1. The van der Waals surface area contributed by atoms with Gasteiger partial charge in [0, 0.05) is 39.3 Å². The molecule has 0 amide bonds. The van der Waals surface area contributed by atoms with Crippen LogP contribution in [0.4, 0.5) is 11.5 Å². The summed E-state index contributed by atoms with van der Waals surface area (Å²) in [5.74, 6) is 0.860. The largest absolute Gasteiger partial charge is 0.397 e. The number of hydrogen-bond acceptors (Lipinski definition) is 5. The normalized spacial score (nSPS) is 17.9. The Balaban J connectivity index is 1.75. The Morgan fingerprint density at radius 3 is 2.78 bits per heavy atom. The van der Waals surface area contributed by atoms with Crippen molar-refractivity contribution in [2.24, 2.45) is 0 Å². The van der Waals surface area contributed by atoms with E-state index in [2.05, 4.69) is 43.1 Å². The molecule has 1 aliphatic heterocycles. The Labute approximate surface area is 116 Å². The molecule has 1 fully saturated rings. The highest BCUT2D eigenvalue weighted by molar-refractivity contribution is 9.10. The van der Waals surface area contributed by atoms with Crippen molar-refractivity contribution < 1.29 is 0 Å². The van der Waals surface area contributed by atoms with E-state index in [1.165, 1.54) is 0 Å². The Kier molecular flexibility index (Phi) is 4.79. The lowest BCUT2D eigenvalue weighted by Crippen LogP contribution is -2.45. The minimum absolute atomic E-state index is 0.673. The summed E-state index contributed by atoms with van der Waals surface area (Å²) >= 11 is 3.46. The lowest BCUT2D eigenvalue weighted by molar-refractivity contribution is 0.158. The van der Waals surface area contributed by atoms with Crippen LogP contribution in [0.3, 0.4) is 0 Å². The second kappa shape index (κ2) is 6.36. The molecule has 18 heavy (non-hydrogen) atoms. The fourth-order valence-electron chi connectivity index (χ4n) is 1.99. The maximum Gasteiger partial charge on any atom is 0.140 e. The van der Waals surface area contributed by atoms with Gasteiger partial charge < -0.3 is 16.0 Å². The van der Waals surface area contributed by atoms with Gasteiger partial charge in [-0.1, -0.05) is 0 Å². The van der Waals surface area contributed by atoms with Gasteiger partial charge in [-0.3, -0.25) is 4.90 Å². The average Bonchev–Trinajstić information content (AvgIpc) is 2.34. The summed E-state index contributed by atoms with van der Waals surface area (Å²) in [6.07, 6.45) is 1.67. The van der Waals surface area contributed by atoms with E-state index in [0.717, 1.165) is 49.6 Å². The second-order valence-corrected chi connectivity index (χ2v) is 5.53. The third kappa shape index (κ3) is 3.83. The van der Waals surface area contributed by atoms with Gasteiger partial charge >= 0.3 is 0 Å². The van der Waals surface area contributed by atoms with Crippen LogP contribution in [0.25, 0.3) is 0 Å². The molecule has 2 rings (SSSR count). The molecule has 0 atom stereocenters. The number of rotatable bonds is 4. The highest BCUT2D eigenvalue weighted by Gasteiger charge is 2.13. The van der Waals surface area contributed by atoms with Crippen LogP contribution in [0.1, 0.15) is 0 Å². The second-order valence-electron chi connectivity index (χ2n) is 4.67. The standard InChI is InChI=1S/C12H20BrN5/c1-17-4-6-18(7-5-17)3-2-15-12-11(13)8-10(14)9-16-12/h8-9H,2-7,14H2,1H3,(H,15,16). The maximum atomic E-state index is 5.65. The monoisotopic (exact) mass is 313 g/mol. The zero-order valence-corrected chi connectivity index (χ0v) is 12.3. The minimum Gasteiger partial charge on any atom is -0.397 e. The first-order valence-electron chi connectivity index (χ1n) is 6.21. The number of halogens is 1. The molecule has 0 aliphatic carbocycles. The van der Waals surface area contributed by atoms with Crippen LogP contribution in [-0.4, -0.2) is 61.1 Å². The highest BCUT2D eigenvalue weighted by Crippen LogP contribution is 2.21. The topological polar surface area (TPSA) is 57.4 Å². The van der Waals surface area contributed by atoms with Crippen LogP contribution in [0, 0.1) is 0 Å².